The topological polar surface area (TPSA) is 29.1 Å². The maximum atomic E-state index is 11.4. The van der Waals surface area contributed by atoms with Crippen LogP contribution < -0.4 is 5.32 Å². The van der Waals surface area contributed by atoms with Gasteiger partial charge in [-0.3, -0.25) is 4.79 Å². The molecule has 0 radical (unpaired) electrons. The van der Waals surface area contributed by atoms with Crippen molar-refractivity contribution < 1.29 is 4.79 Å². The van der Waals surface area contributed by atoms with E-state index in [0.29, 0.717) is 12.3 Å². The zero-order valence-corrected chi connectivity index (χ0v) is 9.60. The van der Waals surface area contributed by atoms with E-state index in [4.69, 9.17) is 0 Å². The van der Waals surface area contributed by atoms with Crippen LogP contribution in [0, 0.1) is 0 Å². The summed E-state index contributed by atoms with van der Waals surface area (Å²) in [6, 6.07) is 6.01. The fourth-order valence-corrected chi connectivity index (χ4v) is 2.26. The van der Waals surface area contributed by atoms with E-state index < -0.39 is 0 Å². The maximum absolute atomic E-state index is 11.4. The second kappa shape index (κ2) is 3.73. The molecule has 1 aliphatic heterocycles. The minimum Gasteiger partial charge on any atom is -0.326 e. The second-order valence-electron chi connectivity index (χ2n) is 3.59. The van der Waals surface area contributed by atoms with Gasteiger partial charge in [-0.05, 0) is 36.1 Å². The van der Waals surface area contributed by atoms with Crippen molar-refractivity contribution in [2.75, 3.05) is 5.32 Å². The molecule has 14 heavy (non-hydrogen) atoms. The number of halogens is 1. The van der Waals surface area contributed by atoms with Crippen molar-refractivity contribution in [2.24, 2.45) is 0 Å². The number of benzene rings is 1. The van der Waals surface area contributed by atoms with Gasteiger partial charge in [-0.15, -0.1) is 0 Å². The summed E-state index contributed by atoms with van der Waals surface area (Å²) in [7, 11) is 0. The summed E-state index contributed by atoms with van der Waals surface area (Å²) in [5.74, 6) is 0.503. The largest absolute Gasteiger partial charge is 0.326 e. The third kappa shape index (κ3) is 1.69. The lowest BCUT2D eigenvalue weighted by molar-refractivity contribution is -0.116. The van der Waals surface area contributed by atoms with Crippen molar-refractivity contribution in [3.05, 3.63) is 28.2 Å². The van der Waals surface area contributed by atoms with Gasteiger partial charge in [0.1, 0.15) is 0 Å². The third-order valence-corrected chi connectivity index (χ3v) is 3.15. The van der Waals surface area contributed by atoms with E-state index >= 15 is 0 Å². The van der Waals surface area contributed by atoms with Gasteiger partial charge in [-0.25, -0.2) is 0 Å². The van der Waals surface area contributed by atoms with E-state index in [0.717, 1.165) is 16.6 Å². The molecule has 2 nitrogen and oxygen atoms in total. The molecule has 0 saturated heterocycles. The van der Waals surface area contributed by atoms with Gasteiger partial charge in [0.15, 0.2) is 0 Å². The van der Waals surface area contributed by atoms with Crippen LogP contribution in [-0.4, -0.2) is 5.91 Å². The maximum Gasteiger partial charge on any atom is 0.224 e. The van der Waals surface area contributed by atoms with Crippen LogP contribution >= 0.6 is 15.9 Å². The molecular weight excluding hydrogens is 242 g/mol. The molecule has 74 valence electrons. The van der Waals surface area contributed by atoms with Gasteiger partial charge in [0.05, 0.1) is 0 Å². The van der Waals surface area contributed by atoms with E-state index in [1.807, 2.05) is 12.1 Å². The number of rotatable bonds is 1. The zero-order chi connectivity index (χ0) is 10.1. The van der Waals surface area contributed by atoms with Crippen molar-refractivity contribution in [1.82, 2.24) is 0 Å². The monoisotopic (exact) mass is 253 g/mol. The molecular formula is C11H12BrNO. The number of anilines is 1. The normalized spacial score (nSPS) is 20.1. The van der Waals surface area contributed by atoms with Crippen LogP contribution in [0.4, 0.5) is 5.69 Å². The minimum atomic E-state index is 0.131. The van der Waals surface area contributed by atoms with Gasteiger partial charge in [0, 0.05) is 16.6 Å². The highest BCUT2D eigenvalue weighted by atomic mass is 79.9. The lowest BCUT2D eigenvalue weighted by Gasteiger charge is -2.24. The molecule has 2 rings (SSSR count). The Labute approximate surface area is 91.8 Å². The molecule has 0 aromatic heterocycles. The number of hydrogen-bond acceptors (Lipinski definition) is 1. The van der Waals surface area contributed by atoms with E-state index in [1.165, 1.54) is 5.56 Å². The average Bonchev–Trinajstić information content (AvgIpc) is 2.17. The minimum absolute atomic E-state index is 0.131. The van der Waals surface area contributed by atoms with Crippen LogP contribution in [0.3, 0.4) is 0 Å². The van der Waals surface area contributed by atoms with E-state index in [-0.39, 0.29) is 5.91 Å². The Bertz CT molecular complexity index is 376. The van der Waals surface area contributed by atoms with Crippen LogP contribution in [0.2, 0.25) is 0 Å². The van der Waals surface area contributed by atoms with Crippen LogP contribution in [0.5, 0.6) is 0 Å². The number of fused-ring (bicyclic) bond motifs is 1. The Kier molecular flexibility index (Phi) is 2.59. The molecule has 0 fully saturated rings. The Morgan fingerprint density at radius 3 is 3.07 bits per heavy atom. The number of carbonyl (C=O) groups excluding carboxylic acids is 1. The first-order chi connectivity index (χ1) is 6.70. The number of carbonyl (C=O) groups is 1. The molecule has 1 aromatic carbocycles. The lowest BCUT2D eigenvalue weighted by atomic mass is 9.89. The number of amides is 1. The summed E-state index contributed by atoms with van der Waals surface area (Å²) >= 11 is 3.45. The average molecular weight is 254 g/mol. The fraction of sp³-hybridized carbons (Fsp3) is 0.364. The number of nitrogens with one attached hydrogen (secondary N) is 1. The lowest BCUT2D eigenvalue weighted by Crippen LogP contribution is -2.22. The molecule has 1 unspecified atom stereocenters. The summed E-state index contributed by atoms with van der Waals surface area (Å²) in [6.07, 6.45) is 1.62. The predicted octanol–water partition coefficient (Wildman–Crippen LogP) is 3.28. The molecule has 1 aromatic rings. The van der Waals surface area contributed by atoms with Gasteiger partial charge in [-0.2, -0.15) is 0 Å². The molecule has 0 bridgehead atoms. The standard InChI is InChI=1S/C11H12BrNO/c1-2-7-5-11(14)13-10-4-3-8(12)6-9(7)10/h3-4,6-7H,2,5H2,1H3,(H,13,14). The number of hydrogen-bond donors (Lipinski definition) is 1. The van der Waals surface area contributed by atoms with Crippen molar-refractivity contribution >= 4 is 27.5 Å². The van der Waals surface area contributed by atoms with Crippen molar-refractivity contribution in [2.45, 2.75) is 25.7 Å². The summed E-state index contributed by atoms with van der Waals surface area (Å²) in [5.41, 5.74) is 2.22. The molecule has 1 amide bonds. The Morgan fingerprint density at radius 1 is 1.57 bits per heavy atom. The molecule has 1 heterocycles. The second-order valence-corrected chi connectivity index (χ2v) is 4.50. The van der Waals surface area contributed by atoms with Crippen LogP contribution in [0.15, 0.2) is 22.7 Å². The molecule has 0 aliphatic carbocycles. The first kappa shape index (κ1) is 9.71. The van der Waals surface area contributed by atoms with E-state index in [2.05, 4.69) is 34.2 Å². The first-order valence-corrected chi connectivity index (χ1v) is 5.59. The highest BCUT2D eigenvalue weighted by molar-refractivity contribution is 9.10. The van der Waals surface area contributed by atoms with E-state index in [9.17, 15) is 4.79 Å². The molecule has 3 heteroatoms. The summed E-state index contributed by atoms with van der Waals surface area (Å²) in [4.78, 5) is 11.4. The van der Waals surface area contributed by atoms with Gasteiger partial charge >= 0.3 is 0 Å². The highest BCUT2D eigenvalue weighted by Crippen LogP contribution is 2.35. The molecule has 1 aliphatic rings. The van der Waals surface area contributed by atoms with Crippen molar-refractivity contribution in [3.63, 3.8) is 0 Å². The first-order valence-electron chi connectivity index (χ1n) is 4.80. The predicted molar refractivity (Wildman–Crippen MR) is 60.4 cm³/mol. The summed E-state index contributed by atoms with van der Waals surface area (Å²) < 4.78 is 1.07. The SMILES string of the molecule is CCC1CC(=O)Nc2ccc(Br)cc21. The molecule has 0 saturated carbocycles. The Morgan fingerprint density at radius 2 is 2.36 bits per heavy atom. The molecule has 1 atom stereocenters. The summed E-state index contributed by atoms with van der Waals surface area (Å²) in [6.45, 7) is 2.12. The third-order valence-electron chi connectivity index (χ3n) is 2.65. The smallest absolute Gasteiger partial charge is 0.224 e. The van der Waals surface area contributed by atoms with Gasteiger partial charge in [-0.1, -0.05) is 22.9 Å². The van der Waals surface area contributed by atoms with Crippen LogP contribution in [0.1, 0.15) is 31.2 Å². The van der Waals surface area contributed by atoms with Gasteiger partial charge < -0.3 is 5.32 Å². The molecule has 0 spiro atoms. The van der Waals surface area contributed by atoms with Crippen LogP contribution in [0.25, 0.3) is 0 Å². The van der Waals surface area contributed by atoms with Crippen LogP contribution in [-0.2, 0) is 4.79 Å². The Balaban J connectivity index is 2.46. The van der Waals surface area contributed by atoms with Crippen molar-refractivity contribution in [3.8, 4) is 0 Å². The summed E-state index contributed by atoms with van der Waals surface area (Å²) in [5, 5.41) is 2.89. The van der Waals surface area contributed by atoms with Crippen molar-refractivity contribution in [1.29, 1.82) is 0 Å². The van der Waals surface area contributed by atoms with E-state index in [1.54, 1.807) is 0 Å². The zero-order valence-electron chi connectivity index (χ0n) is 8.01. The quantitative estimate of drug-likeness (QED) is 0.818. The highest BCUT2D eigenvalue weighted by Gasteiger charge is 2.23. The Hall–Kier alpha value is -0.830. The van der Waals surface area contributed by atoms with Gasteiger partial charge in [0.2, 0.25) is 5.91 Å². The van der Waals surface area contributed by atoms with Gasteiger partial charge in [0.25, 0.3) is 0 Å². The fourth-order valence-electron chi connectivity index (χ4n) is 1.88. The molecule has 1 N–H and O–H groups in total.